The third-order valence-electron chi connectivity index (χ3n) is 2.65. The minimum atomic E-state index is 0.221. The fraction of sp³-hybridized carbons (Fsp3) is 0.0667. The summed E-state index contributed by atoms with van der Waals surface area (Å²) in [5.41, 5.74) is 10.1. The molecule has 6 heteroatoms. The number of nitrogens with two attached hydrogens (primary N) is 1. The van der Waals surface area contributed by atoms with E-state index in [9.17, 15) is 0 Å². The summed E-state index contributed by atoms with van der Waals surface area (Å²) in [7, 11) is 0. The van der Waals surface area contributed by atoms with Crippen molar-refractivity contribution in [3.63, 3.8) is 0 Å². The molecule has 0 spiro atoms. The number of halogens is 2. The second-order valence-corrected chi connectivity index (χ2v) is 5.01. The Hall–Kier alpha value is -2.04. The highest BCUT2D eigenvalue weighted by Gasteiger charge is 2.01. The van der Waals surface area contributed by atoms with Crippen molar-refractivity contribution in [2.75, 3.05) is 0 Å². The van der Waals surface area contributed by atoms with E-state index < -0.39 is 0 Å². The highest BCUT2D eigenvalue weighted by atomic mass is 35.5. The zero-order chi connectivity index (χ0) is 15.1. The van der Waals surface area contributed by atoms with E-state index in [1.807, 2.05) is 30.3 Å². The maximum absolute atomic E-state index is 6.02. The lowest BCUT2D eigenvalue weighted by Crippen LogP contribution is -2.27. The van der Waals surface area contributed by atoms with Gasteiger partial charge in [0, 0.05) is 5.56 Å². The van der Waals surface area contributed by atoms with E-state index in [2.05, 4.69) is 15.5 Å². The van der Waals surface area contributed by atoms with Gasteiger partial charge in [-0.3, -0.25) is 0 Å². The molecule has 0 bridgehead atoms. The predicted octanol–water partition coefficient (Wildman–Crippen LogP) is 3.43. The van der Waals surface area contributed by atoms with Gasteiger partial charge < -0.3 is 5.73 Å². The van der Waals surface area contributed by atoms with Crippen LogP contribution in [0.5, 0.6) is 0 Å². The summed E-state index contributed by atoms with van der Waals surface area (Å²) in [6.45, 7) is 0.488. The predicted molar refractivity (Wildman–Crippen MR) is 89.0 cm³/mol. The Morgan fingerprint density at radius 1 is 1.05 bits per heavy atom. The van der Waals surface area contributed by atoms with Crippen LogP contribution in [0.2, 0.25) is 10.0 Å². The van der Waals surface area contributed by atoms with Gasteiger partial charge in [0.25, 0.3) is 0 Å². The van der Waals surface area contributed by atoms with Crippen LogP contribution in [0.3, 0.4) is 0 Å². The lowest BCUT2D eigenvalue weighted by atomic mass is 10.2. The van der Waals surface area contributed by atoms with E-state index in [4.69, 9.17) is 28.9 Å². The standard InChI is InChI=1S/C15H14Cl2N4/c16-13-7-4-8-14(17)12(13)10-20-21-15(18)19-9-11-5-2-1-3-6-11/h1-8,10H,9H2,(H3,18,19,21)/b20-10+. The van der Waals surface area contributed by atoms with Gasteiger partial charge in [0.15, 0.2) is 0 Å². The van der Waals surface area contributed by atoms with Gasteiger partial charge in [0.2, 0.25) is 5.96 Å². The van der Waals surface area contributed by atoms with Crippen LogP contribution in [0.15, 0.2) is 58.6 Å². The molecule has 108 valence electrons. The van der Waals surface area contributed by atoms with Gasteiger partial charge in [0.05, 0.1) is 22.8 Å². The number of aliphatic imine (C=N–C) groups is 1. The monoisotopic (exact) mass is 320 g/mol. The Kier molecular flexibility index (Phi) is 5.60. The molecule has 0 aliphatic carbocycles. The Balaban J connectivity index is 1.94. The largest absolute Gasteiger partial charge is 0.369 e. The highest BCUT2D eigenvalue weighted by Crippen LogP contribution is 2.21. The Bertz CT molecular complexity index is 634. The van der Waals surface area contributed by atoms with Crippen LogP contribution >= 0.6 is 23.2 Å². The smallest absolute Gasteiger partial charge is 0.209 e. The van der Waals surface area contributed by atoms with Crippen LogP contribution < -0.4 is 11.2 Å². The van der Waals surface area contributed by atoms with E-state index in [0.717, 1.165) is 5.56 Å². The van der Waals surface area contributed by atoms with Gasteiger partial charge in [-0.2, -0.15) is 5.10 Å². The number of hydrazone groups is 1. The molecular weight excluding hydrogens is 307 g/mol. The first-order chi connectivity index (χ1) is 10.2. The van der Waals surface area contributed by atoms with Crippen molar-refractivity contribution >= 4 is 35.4 Å². The lowest BCUT2D eigenvalue weighted by Gasteiger charge is -2.02. The number of hydrogen-bond donors (Lipinski definition) is 2. The summed E-state index contributed by atoms with van der Waals surface area (Å²) in [6, 6.07) is 15.0. The molecule has 4 nitrogen and oxygen atoms in total. The number of rotatable bonds is 4. The fourth-order valence-corrected chi connectivity index (χ4v) is 2.09. The number of guanidine groups is 1. The van der Waals surface area contributed by atoms with Crippen LogP contribution in [0.25, 0.3) is 0 Å². The summed E-state index contributed by atoms with van der Waals surface area (Å²) in [6.07, 6.45) is 1.51. The van der Waals surface area contributed by atoms with Crippen LogP contribution in [0.4, 0.5) is 0 Å². The van der Waals surface area contributed by atoms with Gasteiger partial charge in [-0.05, 0) is 17.7 Å². The van der Waals surface area contributed by atoms with Crippen LogP contribution in [-0.4, -0.2) is 12.2 Å². The van der Waals surface area contributed by atoms with Crippen molar-refractivity contribution in [1.82, 2.24) is 5.43 Å². The summed E-state index contributed by atoms with van der Waals surface area (Å²) in [4.78, 5) is 4.17. The van der Waals surface area contributed by atoms with Crippen molar-refractivity contribution in [2.45, 2.75) is 6.54 Å². The molecule has 0 aliphatic heterocycles. The number of nitrogens with one attached hydrogen (secondary N) is 1. The number of nitrogens with zero attached hydrogens (tertiary/aromatic N) is 2. The average Bonchev–Trinajstić information content (AvgIpc) is 2.49. The summed E-state index contributed by atoms with van der Waals surface area (Å²) >= 11 is 12.0. The Morgan fingerprint density at radius 3 is 2.38 bits per heavy atom. The molecule has 0 aromatic heterocycles. The van der Waals surface area contributed by atoms with Crippen molar-refractivity contribution in [3.8, 4) is 0 Å². The third-order valence-corrected chi connectivity index (χ3v) is 3.31. The SMILES string of the molecule is NC(=NCc1ccccc1)N/N=C/c1c(Cl)cccc1Cl. The number of benzene rings is 2. The quantitative estimate of drug-likeness (QED) is 0.515. The van der Waals surface area contributed by atoms with Gasteiger partial charge in [-0.1, -0.05) is 59.6 Å². The topological polar surface area (TPSA) is 62.8 Å². The molecular formula is C15H14Cl2N4. The van der Waals surface area contributed by atoms with Crippen LogP contribution in [0, 0.1) is 0 Å². The molecule has 0 radical (unpaired) electrons. The summed E-state index contributed by atoms with van der Waals surface area (Å²) in [5.74, 6) is 0.221. The van der Waals surface area contributed by atoms with Crippen molar-refractivity contribution in [3.05, 3.63) is 69.7 Å². The van der Waals surface area contributed by atoms with E-state index >= 15 is 0 Å². The molecule has 3 N–H and O–H groups in total. The fourth-order valence-electron chi connectivity index (χ4n) is 1.59. The first-order valence-corrected chi connectivity index (χ1v) is 6.99. The average molecular weight is 321 g/mol. The Morgan fingerprint density at radius 2 is 1.71 bits per heavy atom. The summed E-state index contributed by atoms with van der Waals surface area (Å²) in [5, 5.41) is 5.02. The second-order valence-electron chi connectivity index (χ2n) is 4.19. The molecule has 0 heterocycles. The van der Waals surface area contributed by atoms with Crippen LogP contribution in [0.1, 0.15) is 11.1 Å². The molecule has 0 aliphatic rings. The number of hydrogen-bond acceptors (Lipinski definition) is 2. The zero-order valence-corrected chi connectivity index (χ0v) is 12.6. The maximum atomic E-state index is 6.02. The lowest BCUT2D eigenvalue weighted by molar-refractivity contribution is 0.963. The molecule has 0 saturated heterocycles. The van der Waals surface area contributed by atoms with Gasteiger partial charge in [0.1, 0.15) is 0 Å². The highest BCUT2D eigenvalue weighted by molar-refractivity contribution is 6.38. The molecule has 0 unspecified atom stereocenters. The maximum Gasteiger partial charge on any atom is 0.209 e. The molecule has 21 heavy (non-hydrogen) atoms. The molecule has 0 atom stereocenters. The zero-order valence-electron chi connectivity index (χ0n) is 11.1. The Labute approximate surface area is 133 Å². The summed E-state index contributed by atoms with van der Waals surface area (Å²) < 4.78 is 0. The van der Waals surface area contributed by atoms with E-state index in [1.54, 1.807) is 18.2 Å². The third kappa shape index (κ3) is 4.77. The first-order valence-electron chi connectivity index (χ1n) is 6.24. The van der Waals surface area contributed by atoms with E-state index in [-0.39, 0.29) is 5.96 Å². The van der Waals surface area contributed by atoms with E-state index in [0.29, 0.717) is 22.2 Å². The molecule has 0 fully saturated rings. The minimum absolute atomic E-state index is 0.221. The normalized spacial score (nSPS) is 11.8. The first kappa shape index (κ1) is 15.4. The van der Waals surface area contributed by atoms with Gasteiger partial charge >= 0.3 is 0 Å². The molecule has 0 amide bonds. The van der Waals surface area contributed by atoms with Crippen LogP contribution in [-0.2, 0) is 6.54 Å². The van der Waals surface area contributed by atoms with Crippen molar-refractivity contribution in [2.24, 2.45) is 15.8 Å². The van der Waals surface area contributed by atoms with Crippen molar-refractivity contribution < 1.29 is 0 Å². The van der Waals surface area contributed by atoms with Gasteiger partial charge in [-0.15, -0.1) is 0 Å². The molecule has 0 saturated carbocycles. The van der Waals surface area contributed by atoms with E-state index in [1.165, 1.54) is 6.21 Å². The second kappa shape index (κ2) is 7.67. The molecule has 2 aromatic rings. The molecule has 2 aromatic carbocycles. The van der Waals surface area contributed by atoms with Gasteiger partial charge in [-0.25, -0.2) is 10.4 Å². The van der Waals surface area contributed by atoms with Crippen molar-refractivity contribution in [1.29, 1.82) is 0 Å². The molecule has 2 rings (SSSR count). The minimum Gasteiger partial charge on any atom is -0.369 e.